The quantitative estimate of drug-likeness (QED) is 0.794. The van der Waals surface area contributed by atoms with E-state index in [2.05, 4.69) is 6.58 Å². The highest BCUT2D eigenvalue weighted by Crippen LogP contribution is 2.23. The third kappa shape index (κ3) is 4.71. The fraction of sp³-hybridized carbons (Fsp3) is 0.421. The van der Waals surface area contributed by atoms with Crippen LogP contribution in [0.25, 0.3) is 0 Å². The van der Waals surface area contributed by atoms with E-state index in [1.54, 1.807) is 38.2 Å². The van der Waals surface area contributed by atoms with Crippen LogP contribution < -0.4 is 10.2 Å². The van der Waals surface area contributed by atoms with Crippen LogP contribution in [0.15, 0.2) is 36.9 Å². The summed E-state index contributed by atoms with van der Waals surface area (Å²) in [6, 6.07) is 4.95. The van der Waals surface area contributed by atoms with Gasteiger partial charge in [0.15, 0.2) is 0 Å². The normalized spacial score (nSPS) is 19.7. The zero-order valence-electron chi connectivity index (χ0n) is 15.6. The molecule has 1 heterocycles. The number of hydrogen-bond acceptors (Lipinski definition) is 3. The molecule has 0 radical (unpaired) electrons. The molecule has 1 fully saturated rings. The van der Waals surface area contributed by atoms with Gasteiger partial charge in [0.1, 0.15) is 0 Å². The van der Waals surface area contributed by atoms with Crippen molar-refractivity contribution in [1.82, 2.24) is 10.2 Å². The molecule has 0 bridgehead atoms. The Labute approximate surface area is 161 Å². The van der Waals surface area contributed by atoms with Gasteiger partial charge in [0, 0.05) is 36.9 Å². The average molecular weight is 397 g/mol. The standard InChI is InChI=1S/C19H22F3N3O3/c1-4-16(26)24(3)14-9-7-13(8-10-14)17(27)25-11-5-6-15(12(25)2)23-18(28)19(20,21)22/h4,7-10,12,15H,1,5-6,11H2,2-3H3,(H,23,28)/t12-,15-/m1/s1. The monoisotopic (exact) mass is 397 g/mol. The molecule has 1 aliphatic rings. The molecule has 28 heavy (non-hydrogen) atoms. The van der Waals surface area contributed by atoms with Gasteiger partial charge in [0.2, 0.25) is 5.91 Å². The third-order valence-electron chi connectivity index (χ3n) is 4.83. The van der Waals surface area contributed by atoms with Gasteiger partial charge >= 0.3 is 12.1 Å². The second kappa shape index (κ2) is 8.45. The fourth-order valence-corrected chi connectivity index (χ4v) is 3.13. The van der Waals surface area contributed by atoms with Crippen LogP contribution in [0.1, 0.15) is 30.1 Å². The molecule has 0 saturated carbocycles. The van der Waals surface area contributed by atoms with E-state index >= 15 is 0 Å². The molecular formula is C19H22F3N3O3. The van der Waals surface area contributed by atoms with Crippen molar-refractivity contribution in [3.05, 3.63) is 42.5 Å². The maximum atomic E-state index is 12.8. The predicted molar refractivity (Wildman–Crippen MR) is 97.8 cm³/mol. The topological polar surface area (TPSA) is 69.7 Å². The summed E-state index contributed by atoms with van der Waals surface area (Å²) in [7, 11) is 1.57. The van der Waals surface area contributed by atoms with Crippen molar-refractivity contribution >= 4 is 23.4 Å². The lowest BCUT2D eigenvalue weighted by Gasteiger charge is -2.39. The number of anilines is 1. The number of nitrogens with one attached hydrogen (secondary N) is 1. The Morgan fingerprint density at radius 2 is 1.86 bits per heavy atom. The van der Waals surface area contributed by atoms with Crippen LogP contribution in [0.5, 0.6) is 0 Å². The number of carbonyl (C=O) groups is 3. The average Bonchev–Trinajstić information content (AvgIpc) is 2.67. The predicted octanol–water partition coefficient (Wildman–Crippen LogP) is 2.51. The molecule has 152 valence electrons. The Morgan fingerprint density at radius 3 is 2.39 bits per heavy atom. The lowest BCUT2D eigenvalue weighted by atomic mass is 9.96. The highest BCUT2D eigenvalue weighted by molar-refractivity contribution is 6.01. The first-order valence-corrected chi connectivity index (χ1v) is 8.75. The molecule has 6 nitrogen and oxygen atoms in total. The van der Waals surface area contributed by atoms with Gasteiger partial charge in [0.25, 0.3) is 5.91 Å². The number of rotatable bonds is 4. The van der Waals surface area contributed by atoms with Gasteiger partial charge in [-0.3, -0.25) is 14.4 Å². The first-order chi connectivity index (χ1) is 13.1. The number of alkyl halides is 3. The first kappa shape index (κ1) is 21.5. The van der Waals surface area contributed by atoms with Gasteiger partial charge in [-0.25, -0.2) is 0 Å². The summed E-state index contributed by atoms with van der Waals surface area (Å²) in [4.78, 5) is 38.5. The van der Waals surface area contributed by atoms with E-state index in [4.69, 9.17) is 0 Å². The van der Waals surface area contributed by atoms with Crippen molar-refractivity contribution in [3.8, 4) is 0 Å². The maximum Gasteiger partial charge on any atom is 0.471 e. The highest BCUT2D eigenvalue weighted by Gasteiger charge is 2.42. The largest absolute Gasteiger partial charge is 0.471 e. The first-order valence-electron chi connectivity index (χ1n) is 8.75. The highest BCUT2D eigenvalue weighted by atomic mass is 19.4. The Kier molecular flexibility index (Phi) is 6.48. The van der Waals surface area contributed by atoms with Gasteiger partial charge in [-0.2, -0.15) is 13.2 Å². The molecule has 0 unspecified atom stereocenters. The second-order valence-electron chi connectivity index (χ2n) is 6.61. The SMILES string of the molecule is C=CC(=O)N(C)c1ccc(C(=O)N2CCC[C@@H](NC(=O)C(F)(F)F)[C@H]2C)cc1. The van der Waals surface area contributed by atoms with E-state index in [0.717, 1.165) is 0 Å². The van der Waals surface area contributed by atoms with Crippen molar-refractivity contribution in [2.24, 2.45) is 0 Å². The Hall–Kier alpha value is -2.84. The molecule has 2 rings (SSSR count). The summed E-state index contributed by atoms with van der Waals surface area (Å²) in [5, 5.41) is 1.98. The summed E-state index contributed by atoms with van der Waals surface area (Å²) >= 11 is 0. The number of halogens is 3. The minimum atomic E-state index is -4.96. The third-order valence-corrected chi connectivity index (χ3v) is 4.83. The van der Waals surface area contributed by atoms with Crippen LogP contribution in [0.3, 0.4) is 0 Å². The van der Waals surface area contributed by atoms with E-state index in [1.165, 1.54) is 15.9 Å². The van der Waals surface area contributed by atoms with Crippen LogP contribution in [0.4, 0.5) is 18.9 Å². The number of nitrogens with zero attached hydrogens (tertiary/aromatic N) is 2. The molecule has 1 N–H and O–H groups in total. The molecule has 3 amide bonds. The van der Waals surface area contributed by atoms with Gasteiger partial charge < -0.3 is 15.1 Å². The summed E-state index contributed by atoms with van der Waals surface area (Å²) in [6.07, 6.45) is -2.95. The van der Waals surface area contributed by atoms with Crippen molar-refractivity contribution in [3.63, 3.8) is 0 Å². The molecule has 1 aromatic carbocycles. The van der Waals surface area contributed by atoms with Gasteiger partial charge in [-0.15, -0.1) is 0 Å². The Balaban J connectivity index is 2.11. The number of benzene rings is 1. The molecule has 1 aromatic rings. The minimum absolute atomic E-state index is 0.299. The number of carbonyl (C=O) groups excluding carboxylic acids is 3. The Morgan fingerprint density at radius 1 is 1.25 bits per heavy atom. The van der Waals surface area contributed by atoms with E-state index in [-0.39, 0.29) is 11.8 Å². The van der Waals surface area contributed by atoms with Crippen molar-refractivity contribution in [1.29, 1.82) is 0 Å². The summed E-state index contributed by atoms with van der Waals surface area (Å²) in [5.74, 6) is -2.65. The van der Waals surface area contributed by atoms with Crippen molar-refractivity contribution < 1.29 is 27.6 Å². The zero-order chi connectivity index (χ0) is 21.1. The van der Waals surface area contributed by atoms with Crippen LogP contribution >= 0.6 is 0 Å². The van der Waals surface area contributed by atoms with E-state index in [0.29, 0.717) is 30.6 Å². The lowest BCUT2D eigenvalue weighted by molar-refractivity contribution is -0.175. The van der Waals surface area contributed by atoms with Gasteiger partial charge in [-0.05, 0) is 50.1 Å². The Bertz CT molecular complexity index is 762. The molecule has 1 saturated heterocycles. The second-order valence-corrected chi connectivity index (χ2v) is 6.61. The number of likely N-dealkylation sites (N-methyl/N-ethyl adjacent to an activating group) is 1. The molecule has 0 spiro atoms. The maximum absolute atomic E-state index is 12.8. The number of hydrogen-bond donors (Lipinski definition) is 1. The fourth-order valence-electron chi connectivity index (χ4n) is 3.13. The molecule has 9 heteroatoms. The number of likely N-dealkylation sites (tertiary alicyclic amines) is 1. The summed E-state index contributed by atoms with van der Waals surface area (Å²) in [6.45, 7) is 5.41. The minimum Gasteiger partial charge on any atom is -0.343 e. The zero-order valence-corrected chi connectivity index (χ0v) is 15.6. The molecule has 1 aliphatic heterocycles. The van der Waals surface area contributed by atoms with Crippen molar-refractivity contribution in [2.75, 3.05) is 18.5 Å². The van der Waals surface area contributed by atoms with Crippen LogP contribution in [-0.2, 0) is 9.59 Å². The van der Waals surface area contributed by atoms with Crippen molar-refractivity contribution in [2.45, 2.75) is 38.0 Å². The molecule has 0 aliphatic carbocycles. The van der Waals surface area contributed by atoms with E-state index < -0.39 is 24.2 Å². The summed E-state index contributed by atoms with van der Waals surface area (Å²) < 4.78 is 37.5. The van der Waals surface area contributed by atoms with Crippen LogP contribution in [0.2, 0.25) is 0 Å². The van der Waals surface area contributed by atoms with E-state index in [9.17, 15) is 27.6 Å². The van der Waals surface area contributed by atoms with Crippen LogP contribution in [0, 0.1) is 0 Å². The van der Waals surface area contributed by atoms with Crippen LogP contribution in [-0.4, -0.2) is 54.5 Å². The smallest absolute Gasteiger partial charge is 0.343 e. The molecule has 0 aromatic heterocycles. The number of piperidine rings is 1. The molecule has 2 atom stereocenters. The van der Waals surface area contributed by atoms with Gasteiger partial charge in [-0.1, -0.05) is 6.58 Å². The summed E-state index contributed by atoms with van der Waals surface area (Å²) in [5.41, 5.74) is 0.918. The van der Waals surface area contributed by atoms with Gasteiger partial charge in [0.05, 0.1) is 0 Å². The number of amides is 3. The van der Waals surface area contributed by atoms with E-state index in [1.807, 2.05) is 5.32 Å². The molecular weight excluding hydrogens is 375 g/mol. The lowest BCUT2D eigenvalue weighted by Crippen LogP contribution is -2.57.